The molecule has 1 N–H and O–H groups in total. The van der Waals surface area contributed by atoms with Crippen molar-refractivity contribution >= 4 is 45.5 Å². The summed E-state index contributed by atoms with van der Waals surface area (Å²) < 4.78 is 19.7. The van der Waals surface area contributed by atoms with E-state index in [2.05, 4.69) is 10.3 Å². The highest BCUT2D eigenvalue weighted by Crippen LogP contribution is 2.22. The van der Waals surface area contributed by atoms with E-state index < -0.39 is 23.8 Å². The molecular weight excluding hydrogens is 357 g/mol. The van der Waals surface area contributed by atoms with Crippen LogP contribution in [0.3, 0.4) is 0 Å². The van der Waals surface area contributed by atoms with Crippen LogP contribution in [0.1, 0.15) is 17.4 Å². The van der Waals surface area contributed by atoms with Gasteiger partial charge in [0.15, 0.2) is 21.9 Å². The monoisotopic (exact) mass is 367 g/mol. The van der Waals surface area contributed by atoms with Crippen molar-refractivity contribution in [3.8, 4) is 0 Å². The van der Waals surface area contributed by atoms with Crippen LogP contribution in [0.4, 0.5) is 10.1 Å². The van der Waals surface area contributed by atoms with Crippen molar-refractivity contribution in [1.82, 2.24) is 9.38 Å². The van der Waals surface area contributed by atoms with Gasteiger partial charge in [0, 0.05) is 17.3 Å². The number of carbonyl (C=O) groups excluding carboxylic acids is 2. The van der Waals surface area contributed by atoms with Crippen LogP contribution in [0, 0.1) is 5.82 Å². The second-order valence-corrected chi connectivity index (χ2v) is 6.08. The number of imidazole rings is 1. The molecule has 0 saturated heterocycles. The maximum absolute atomic E-state index is 13.1. The molecule has 6 nitrogen and oxygen atoms in total. The molecule has 2 heterocycles. The summed E-state index contributed by atoms with van der Waals surface area (Å²) in [6.07, 6.45) is 0.536. The predicted molar refractivity (Wildman–Crippen MR) is 88.0 cm³/mol. The molecular formula is C15H11ClFN3O3S. The number of fused-ring (bicyclic) bond motifs is 1. The molecule has 2 aromatic heterocycles. The molecule has 124 valence electrons. The first-order valence-electron chi connectivity index (χ1n) is 6.84. The van der Waals surface area contributed by atoms with Crippen LogP contribution in [-0.4, -0.2) is 27.4 Å². The molecule has 0 fully saturated rings. The third-order valence-corrected chi connectivity index (χ3v) is 4.18. The quantitative estimate of drug-likeness (QED) is 0.717. The van der Waals surface area contributed by atoms with Gasteiger partial charge in [0.2, 0.25) is 0 Å². The van der Waals surface area contributed by atoms with Crippen LogP contribution in [0.15, 0.2) is 35.8 Å². The van der Waals surface area contributed by atoms with E-state index >= 15 is 0 Å². The summed E-state index contributed by atoms with van der Waals surface area (Å²) in [6, 6.07) is 5.40. The van der Waals surface area contributed by atoms with Gasteiger partial charge in [-0.25, -0.2) is 14.2 Å². The van der Waals surface area contributed by atoms with Crippen molar-refractivity contribution in [2.24, 2.45) is 0 Å². The highest BCUT2D eigenvalue weighted by atomic mass is 35.5. The summed E-state index contributed by atoms with van der Waals surface area (Å²) in [4.78, 5) is 28.9. The molecule has 3 aromatic rings. The molecule has 0 aliphatic rings. The first kappa shape index (κ1) is 16.4. The van der Waals surface area contributed by atoms with Crippen molar-refractivity contribution in [2.45, 2.75) is 13.0 Å². The van der Waals surface area contributed by atoms with Crippen molar-refractivity contribution in [3.63, 3.8) is 0 Å². The van der Waals surface area contributed by atoms with Crippen LogP contribution in [0.2, 0.25) is 5.15 Å². The zero-order valence-electron chi connectivity index (χ0n) is 12.3. The van der Waals surface area contributed by atoms with Crippen LogP contribution in [0.25, 0.3) is 4.96 Å². The van der Waals surface area contributed by atoms with Gasteiger partial charge in [-0.05, 0) is 25.1 Å². The van der Waals surface area contributed by atoms with Crippen molar-refractivity contribution in [2.75, 3.05) is 5.32 Å². The fraction of sp³-hybridized carbons (Fsp3) is 0.133. The lowest BCUT2D eigenvalue weighted by Crippen LogP contribution is -2.30. The summed E-state index contributed by atoms with van der Waals surface area (Å²) >= 11 is 7.26. The second-order valence-electron chi connectivity index (χ2n) is 4.85. The Hall–Kier alpha value is -2.45. The zero-order chi connectivity index (χ0) is 17.3. The maximum Gasteiger partial charge on any atom is 0.359 e. The summed E-state index contributed by atoms with van der Waals surface area (Å²) in [7, 11) is 0. The normalized spacial score (nSPS) is 12.1. The highest BCUT2D eigenvalue weighted by molar-refractivity contribution is 7.15. The molecule has 0 spiro atoms. The Morgan fingerprint density at radius 1 is 1.46 bits per heavy atom. The maximum atomic E-state index is 13.1. The van der Waals surface area contributed by atoms with Gasteiger partial charge in [-0.1, -0.05) is 17.7 Å². The number of hydrogen-bond donors (Lipinski definition) is 1. The van der Waals surface area contributed by atoms with E-state index in [1.807, 2.05) is 0 Å². The summed E-state index contributed by atoms with van der Waals surface area (Å²) in [5, 5.41) is 4.22. The van der Waals surface area contributed by atoms with Crippen molar-refractivity contribution < 1.29 is 18.7 Å². The Bertz CT molecular complexity index is 924. The number of hydrogen-bond acceptors (Lipinski definition) is 5. The number of nitrogens with zero attached hydrogens (tertiary/aromatic N) is 2. The number of anilines is 1. The zero-order valence-corrected chi connectivity index (χ0v) is 13.9. The Morgan fingerprint density at radius 3 is 3.00 bits per heavy atom. The Labute approximate surface area is 144 Å². The molecule has 9 heteroatoms. The number of carbonyl (C=O) groups is 2. The van der Waals surface area contributed by atoms with Crippen LogP contribution >= 0.6 is 22.9 Å². The van der Waals surface area contributed by atoms with Crippen LogP contribution in [-0.2, 0) is 9.53 Å². The fourth-order valence-electron chi connectivity index (χ4n) is 2.02. The molecule has 0 radical (unpaired) electrons. The smallest absolute Gasteiger partial charge is 0.359 e. The third-order valence-electron chi connectivity index (χ3n) is 3.16. The van der Waals surface area contributed by atoms with Crippen LogP contribution < -0.4 is 5.32 Å². The Balaban J connectivity index is 1.70. The number of amides is 1. The molecule has 0 unspecified atom stereocenters. The molecule has 0 aliphatic heterocycles. The Morgan fingerprint density at radius 2 is 2.25 bits per heavy atom. The lowest BCUT2D eigenvalue weighted by molar-refractivity contribution is -0.123. The molecule has 0 saturated carbocycles. The van der Waals surface area contributed by atoms with E-state index in [0.29, 0.717) is 4.96 Å². The molecule has 0 aliphatic carbocycles. The molecule has 24 heavy (non-hydrogen) atoms. The van der Waals surface area contributed by atoms with E-state index in [1.165, 1.54) is 40.9 Å². The number of ether oxygens (including phenoxy) is 1. The number of benzene rings is 1. The Kier molecular flexibility index (Phi) is 4.50. The number of nitrogens with one attached hydrogen (secondary N) is 1. The number of rotatable bonds is 4. The fourth-order valence-corrected chi connectivity index (χ4v) is 3.03. The van der Waals surface area contributed by atoms with Gasteiger partial charge in [-0.2, -0.15) is 0 Å². The van der Waals surface area contributed by atoms with Gasteiger partial charge in [0.05, 0.1) is 0 Å². The lowest BCUT2D eigenvalue weighted by atomic mass is 10.3. The number of esters is 1. The van der Waals surface area contributed by atoms with E-state index in [4.69, 9.17) is 16.3 Å². The summed E-state index contributed by atoms with van der Waals surface area (Å²) in [6.45, 7) is 1.41. The number of halogens is 2. The highest BCUT2D eigenvalue weighted by Gasteiger charge is 2.25. The lowest BCUT2D eigenvalue weighted by Gasteiger charge is -2.13. The summed E-state index contributed by atoms with van der Waals surface area (Å²) in [5.74, 6) is -1.84. The molecule has 1 aromatic carbocycles. The average molecular weight is 368 g/mol. The standard InChI is InChI=1S/C15H11ClFN3O3S/c1-8(13(21)18-10-4-2-3-9(17)7-10)23-14(22)11-12(16)19-15-20(11)5-6-24-15/h2-8H,1H3,(H,18,21)/t8-/m0/s1. The largest absolute Gasteiger partial charge is 0.448 e. The molecule has 1 amide bonds. The number of aromatic nitrogens is 2. The molecule has 0 bridgehead atoms. The topological polar surface area (TPSA) is 72.7 Å². The van der Waals surface area contributed by atoms with Gasteiger partial charge in [-0.3, -0.25) is 9.20 Å². The van der Waals surface area contributed by atoms with E-state index in [-0.39, 0.29) is 16.5 Å². The molecule has 3 rings (SSSR count). The van der Waals surface area contributed by atoms with E-state index in [0.717, 1.165) is 6.07 Å². The SMILES string of the molecule is C[C@H](OC(=O)c1c(Cl)nc2sccn12)C(=O)Nc1cccc(F)c1. The van der Waals surface area contributed by atoms with Gasteiger partial charge < -0.3 is 10.1 Å². The second kappa shape index (κ2) is 6.58. The van der Waals surface area contributed by atoms with Crippen LogP contribution in [0.5, 0.6) is 0 Å². The van der Waals surface area contributed by atoms with Gasteiger partial charge in [0.1, 0.15) is 5.82 Å². The minimum Gasteiger partial charge on any atom is -0.448 e. The van der Waals surface area contributed by atoms with Gasteiger partial charge in [-0.15, -0.1) is 11.3 Å². The molecule has 1 atom stereocenters. The minimum absolute atomic E-state index is 0.00425. The van der Waals surface area contributed by atoms with Crippen molar-refractivity contribution in [3.05, 3.63) is 52.5 Å². The average Bonchev–Trinajstić information content (AvgIpc) is 3.06. The first-order chi connectivity index (χ1) is 11.5. The van der Waals surface area contributed by atoms with Gasteiger partial charge in [0.25, 0.3) is 5.91 Å². The first-order valence-corrected chi connectivity index (χ1v) is 8.10. The number of thiazole rings is 1. The minimum atomic E-state index is -1.10. The van der Waals surface area contributed by atoms with E-state index in [9.17, 15) is 14.0 Å². The van der Waals surface area contributed by atoms with Crippen molar-refractivity contribution in [1.29, 1.82) is 0 Å². The third kappa shape index (κ3) is 3.24. The predicted octanol–water partition coefficient (Wildman–Crippen LogP) is 3.37. The summed E-state index contributed by atoms with van der Waals surface area (Å²) in [5.41, 5.74) is 0.323. The van der Waals surface area contributed by atoms with E-state index in [1.54, 1.807) is 11.6 Å². The van der Waals surface area contributed by atoms with Gasteiger partial charge >= 0.3 is 5.97 Å².